The maximum absolute atomic E-state index is 12.1. The highest BCUT2D eigenvalue weighted by Crippen LogP contribution is 2.31. The largest absolute Gasteiger partial charge is 0.461 e. The van der Waals surface area contributed by atoms with Crippen LogP contribution in [0.2, 0.25) is 0 Å². The summed E-state index contributed by atoms with van der Waals surface area (Å²) in [5, 5.41) is 11.4. The Morgan fingerprint density at radius 3 is 2.91 bits per heavy atom. The second kappa shape index (κ2) is 6.83. The number of H-pyrrole nitrogens is 1. The number of nitrogens with one attached hydrogen (secondary N) is 1. The summed E-state index contributed by atoms with van der Waals surface area (Å²) in [7, 11) is 0. The number of carbonyl (C=O) groups is 1. The van der Waals surface area contributed by atoms with Crippen LogP contribution in [-0.4, -0.2) is 47.2 Å². The summed E-state index contributed by atoms with van der Waals surface area (Å²) < 4.78 is 5.10. The SMILES string of the molecule is CCOC(=O)c1[nH]c2ccccc2c1N=NN1CCSCC1. The molecule has 0 atom stereocenters. The maximum atomic E-state index is 12.1. The molecule has 0 radical (unpaired) electrons. The highest BCUT2D eigenvalue weighted by molar-refractivity contribution is 7.99. The van der Waals surface area contributed by atoms with Crippen molar-refractivity contribution in [2.75, 3.05) is 31.2 Å². The van der Waals surface area contributed by atoms with E-state index in [4.69, 9.17) is 4.74 Å². The Hall–Kier alpha value is -2.02. The van der Waals surface area contributed by atoms with Gasteiger partial charge in [-0.1, -0.05) is 23.4 Å². The molecular weight excluding hydrogens is 300 g/mol. The Labute approximate surface area is 132 Å². The van der Waals surface area contributed by atoms with E-state index < -0.39 is 5.97 Å². The molecule has 3 rings (SSSR count). The molecule has 0 saturated carbocycles. The van der Waals surface area contributed by atoms with E-state index in [9.17, 15) is 4.79 Å². The van der Waals surface area contributed by atoms with Gasteiger partial charge in [-0.25, -0.2) is 4.79 Å². The Balaban J connectivity index is 1.96. The first-order valence-electron chi connectivity index (χ1n) is 7.31. The van der Waals surface area contributed by atoms with E-state index in [2.05, 4.69) is 15.3 Å². The summed E-state index contributed by atoms with van der Waals surface area (Å²) >= 11 is 1.92. The van der Waals surface area contributed by atoms with Gasteiger partial charge in [-0.15, -0.1) is 5.11 Å². The van der Waals surface area contributed by atoms with Gasteiger partial charge in [-0.2, -0.15) is 11.8 Å². The van der Waals surface area contributed by atoms with Crippen LogP contribution in [0.15, 0.2) is 34.6 Å². The average molecular weight is 318 g/mol. The predicted molar refractivity (Wildman–Crippen MR) is 87.7 cm³/mol. The fourth-order valence-corrected chi connectivity index (χ4v) is 3.22. The monoisotopic (exact) mass is 318 g/mol. The zero-order valence-electron chi connectivity index (χ0n) is 12.4. The molecular formula is C15H18N4O2S. The number of hydrogen-bond acceptors (Lipinski definition) is 5. The van der Waals surface area contributed by atoms with Gasteiger partial charge in [0.25, 0.3) is 0 Å². The molecule has 1 saturated heterocycles. The van der Waals surface area contributed by atoms with E-state index in [0.29, 0.717) is 18.0 Å². The summed E-state index contributed by atoms with van der Waals surface area (Å²) in [5.41, 5.74) is 1.76. The van der Waals surface area contributed by atoms with E-state index in [-0.39, 0.29) is 0 Å². The topological polar surface area (TPSA) is 70.0 Å². The van der Waals surface area contributed by atoms with Crippen molar-refractivity contribution >= 4 is 34.3 Å². The third-order valence-corrected chi connectivity index (χ3v) is 4.36. The maximum Gasteiger partial charge on any atom is 0.357 e. The van der Waals surface area contributed by atoms with Gasteiger partial charge >= 0.3 is 5.97 Å². The lowest BCUT2D eigenvalue weighted by Gasteiger charge is -2.21. The molecule has 1 aliphatic rings. The minimum atomic E-state index is -0.401. The Kier molecular flexibility index (Phi) is 4.62. The minimum absolute atomic E-state index is 0.328. The van der Waals surface area contributed by atoms with Crippen LogP contribution in [-0.2, 0) is 4.74 Å². The van der Waals surface area contributed by atoms with Crippen molar-refractivity contribution < 1.29 is 9.53 Å². The van der Waals surface area contributed by atoms with Gasteiger partial charge in [0.1, 0.15) is 5.69 Å². The molecule has 116 valence electrons. The lowest BCUT2D eigenvalue weighted by molar-refractivity contribution is 0.0521. The molecule has 2 heterocycles. The molecule has 0 spiro atoms. The van der Waals surface area contributed by atoms with Gasteiger partial charge in [0.15, 0.2) is 5.69 Å². The molecule has 1 aromatic heterocycles. The third kappa shape index (κ3) is 3.09. The Morgan fingerprint density at radius 1 is 1.36 bits per heavy atom. The van der Waals surface area contributed by atoms with Crippen LogP contribution >= 0.6 is 11.8 Å². The number of hydrogen-bond donors (Lipinski definition) is 1. The van der Waals surface area contributed by atoms with Gasteiger partial charge in [-0.3, -0.25) is 5.01 Å². The summed E-state index contributed by atoms with van der Waals surface area (Å²) in [4.78, 5) is 15.2. The van der Waals surface area contributed by atoms with Crippen LogP contribution in [0.5, 0.6) is 0 Å². The number of aromatic nitrogens is 1. The van der Waals surface area contributed by atoms with Crippen LogP contribution in [0.4, 0.5) is 5.69 Å². The second-order valence-electron chi connectivity index (χ2n) is 4.87. The van der Waals surface area contributed by atoms with Crippen LogP contribution in [0.3, 0.4) is 0 Å². The standard InChI is InChI=1S/C15H18N4O2S/c1-2-21-15(20)14-13(11-5-3-4-6-12(11)16-14)17-18-19-7-9-22-10-8-19/h3-6,16H,2,7-10H2,1H3. The molecule has 0 bridgehead atoms. The van der Waals surface area contributed by atoms with Crippen molar-refractivity contribution in [1.29, 1.82) is 0 Å². The number of aromatic amines is 1. The number of nitrogens with zero attached hydrogens (tertiary/aromatic N) is 3. The van der Waals surface area contributed by atoms with Crippen LogP contribution < -0.4 is 0 Å². The molecule has 2 aromatic rings. The molecule has 6 nitrogen and oxygen atoms in total. The van der Waals surface area contributed by atoms with Gasteiger partial charge in [0.2, 0.25) is 0 Å². The van der Waals surface area contributed by atoms with E-state index in [1.54, 1.807) is 6.92 Å². The highest BCUT2D eigenvalue weighted by Gasteiger charge is 2.19. The number of para-hydroxylation sites is 1. The number of rotatable bonds is 4. The third-order valence-electron chi connectivity index (χ3n) is 3.42. The molecule has 0 amide bonds. The molecule has 1 aromatic carbocycles. The van der Waals surface area contributed by atoms with Crippen LogP contribution in [0.25, 0.3) is 10.9 Å². The van der Waals surface area contributed by atoms with Crippen LogP contribution in [0.1, 0.15) is 17.4 Å². The van der Waals surface area contributed by atoms with Gasteiger partial charge in [0.05, 0.1) is 6.61 Å². The minimum Gasteiger partial charge on any atom is -0.461 e. The van der Waals surface area contributed by atoms with Crippen molar-refractivity contribution in [3.8, 4) is 0 Å². The van der Waals surface area contributed by atoms with Gasteiger partial charge in [-0.05, 0) is 13.0 Å². The van der Waals surface area contributed by atoms with E-state index in [0.717, 1.165) is 35.5 Å². The molecule has 1 fully saturated rings. The zero-order valence-corrected chi connectivity index (χ0v) is 13.2. The van der Waals surface area contributed by atoms with Crippen molar-refractivity contribution in [2.45, 2.75) is 6.92 Å². The van der Waals surface area contributed by atoms with Crippen molar-refractivity contribution in [3.63, 3.8) is 0 Å². The molecule has 1 aliphatic heterocycles. The average Bonchev–Trinajstić information content (AvgIpc) is 2.93. The van der Waals surface area contributed by atoms with Crippen LogP contribution in [0, 0.1) is 0 Å². The summed E-state index contributed by atoms with van der Waals surface area (Å²) in [6.07, 6.45) is 0. The number of ether oxygens (including phenoxy) is 1. The van der Waals surface area contributed by atoms with E-state index in [1.807, 2.05) is 41.0 Å². The van der Waals surface area contributed by atoms with Crippen molar-refractivity contribution in [3.05, 3.63) is 30.0 Å². The Bertz CT molecular complexity index is 692. The lowest BCUT2D eigenvalue weighted by Crippen LogP contribution is -2.27. The van der Waals surface area contributed by atoms with Gasteiger partial charge < -0.3 is 9.72 Å². The lowest BCUT2D eigenvalue weighted by atomic mass is 10.2. The summed E-state index contributed by atoms with van der Waals surface area (Å²) in [6.45, 7) is 3.87. The van der Waals surface area contributed by atoms with E-state index >= 15 is 0 Å². The first-order chi connectivity index (χ1) is 10.8. The molecule has 7 heteroatoms. The quantitative estimate of drug-likeness (QED) is 0.693. The highest BCUT2D eigenvalue weighted by atomic mass is 32.2. The fraction of sp³-hybridized carbons (Fsp3) is 0.400. The summed E-state index contributed by atoms with van der Waals surface area (Å²) in [5.74, 6) is 1.71. The first-order valence-corrected chi connectivity index (χ1v) is 8.47. The van der Waals surface area contributed by atoms with Crippen molar-refractivity contribution in [1.82, 2.24) is 9.99 Å². The fourth-order valence-electron chi connectivity index (χ4n) is 2.33. The number of benzene rings is 1. The molecule has 1 N–H and O–H groups in total. The second-order valence-corrected chi connectivity index (χ2v) is 6.09. The van der Waals surface area contributed by atoms with Crippen molar-refractivity contribution in [2.24, 2.45) is 10.3 Å². The molecule has 0 unspecified atom stereocenters. The molecule has 0 aliphatic carbocycles. The smallest absolute Gasteiger partial charge is 0.357 e. The first kappa shape index (κ1) is 14.9. The van der Waals surface area contributed by atoms with E-state index in [1.165, 1.54) is 0 Å². The zero-order chi connectivity index (χ0) is 15.4. The van der Waals surface area contributed by atoms with Gasteiger partial charge in [0, 0.05) is 35.5 Å². The normalized spacial score (nSPS) is 15.6. The predicted octanol–water partition coefficient (Wildman–Crippen LogP) is 3.39. The number of esters is 1. The number of fused-ring (bicyclic) bond motifs is 1. The summed E-state index contributed by atoms with van der Waals surface area (Å²) in [6, 6.07) is 7.67. The molecule has 22 heavy (non-hydrogen) atoms. The Morgan fingerprint density at radius 2 is 2.14 bits per heavy atom. The number of thioether (sulfide) groups is 1. The number of carbonyl (C=O) groups excluding carboxylic acids is 1.